The highest BCUT2D eigenvalue weighted by molar-refractivity contribution is 5.77. The Morgan fingerprint density at radius 3 is 3.08 bits per heavy atom. The van der Waals surface area contributed by atoms with Crippen molar-refractivity contribution in [1.29, 1.82) is 0 Å². The molecule has 1 heterocycles. The SMILES string of the molecule is O=C1COC[C@@H]2CCCC[C@H]2N1. The summed E-state index contributed by atoms with van der Waals surface area (Å²) in [5.41, 5.74) is 0. The summed E-state index contributed by atoms with van der Waals surface area (Å²) in [6, 6.07) is 0.397. The summed E-state index contributed by atoms with van der Waals surface area (Å²) in [5.74, 6) is 0.634. The topological polar surface area (TPSA) is 38.3 Å². The minimum Gasteiger partial charge on any atom is -0.371 e. The van der Waals surface area contributed by atoms with E-state index in [1.54, 1.807) is 0 Å². The Kier molecular flexibility index (Phi) is 2.30. The van der Waals surface area contributed by atoms with Crippen LogP contribution >= 0.6 is 0 Å². The van der Waals surface area contributed by atoms with Crippen molar-refractivity contribution in [3.8, 4) is 0 Å². The van der Waals surface area contributed by atoms with Crippen molar-refractivity contribution in [2.45, 2.75) is 31.7 Å². The third-order valence-corrected chi connectivity index (χ3v) is 2.82. The summed E-state index contributed by atoms with van der Waals surface area (Å²) < 4.78 is 5.26. The number of hydrogen-bond acceptors (Lipinski definition) is 2. The van der Waals surface area contributed by atoms with Crippen LogP contribution in [0.25, 0.3) is 0 Å². The summed E-state index contributed by atoms with van der Waals surface area (Å²) in [6.07, 6.45) is 4.90. The van der Waals surface area contributed by atoms with Gasteiger partial charge in [-0.05, 0) is 12.8 Å². The summed E-state index contributed by atoms with van der Waals surface area (Å²) in [5, 5.41) is 3.02. The van der Waals surface area contributed by atoms with Crippen LogP contribution in [0.1, 0.15) is 25.7 Å². The minimum absolute atomic E-state index is 0.0596. The first-order chi connectivity index (χ1) is 5.86. The second kappa shape index (κ2) is 3.44. The van der Waals surface area contributed by atoms with Gasteiger partial charge in [0.2, 0.25) is 5.91 Å². The van der Waals surface area contributed by atoms with Crippen molar-refractivity contribution in [1.82, 2.24) is 5.32 Å². The highest BCUT2D eigenvalue weighted by Gasteiger charge is 2.28. The van der Waals surface area contributed by atoms with Crippen LogP contribution in [0, 0.1) is 5.92 Å². The predicted octanol–water partition coefficient (Wildman–Crippen LogP) is 0.692. The first kappa shape index (κ1) is 8.05. The fourth-order valence-corrected chi connectivity index (χ4v) is 2.15. The van der Waals surface area contributed by atoms with Crippen LogP contribution in [0.3, 0.4) is 0 Å². The van der Waals surface area contributed by atoms with Crippen molar-refractivity contribution in [2.75, 3.05) is 13.2 Å². The Morgan fingerprint density at radius 2 is 2.17 bits per heavy atom. The van der Waals surface area contributed by atoms with Crippen molar-refractivity contribution >= 4 is 5.91 Å². The first-order valence-corrected chi connectivity index (χ1v) is 4.73. The molecule has 1 aliphatic heterocycles. The standard InChI is InChI=1S/C9H15NO2/c11-9-6-12-5-7-3-1-2-4-8(7)10-9/h7-8H,1-6H2,(H,10,11)/t7-,8+/m0/s1. The summed E-state index contributed by atoms with van der Waals surface area (Å²) in [7, 11) is 0. The number of carbonyl (C=O) groups is 1. The highest BCUT2D eigenvalue weighted by atomic mass is 16.5. The van der Waals surface area contributed by atoms with E-state index in [0.29, 0.717) is 12.0 Å². The van der Waals surface area contributed by atoms with Crippen molar-refractivity contribution in [2.24, 2.45) is 5.92 Å². The molecule has 1 aliphatic carbocycles. The molecule has 2 fully saturated rings. The minimum atomic E-state index is 0.0596. The molecule has 1 saturated carbocycles. The molecule has 1 saturated heterocycles. The Morgan fingerprint density at radius 1 is 1.33 bits per heavy atom. The molecular weight excluding hydrogens is 154 g/mol. The van der Waals surface area contributed by atoms with Crippen LogP contribution in [0.4, 0.5) is 0 Å². The third kappa shape index (κ3) is 1.61. The molecule has 2 atom stereocenters. The maximum Gasteiger partial charge on any atom is 0.246 e. The van der Waals surface area contributed by atoms with E-state index >= 15 is 0 Å². The van der Waals surface area contributed by atoms with Crippen LogP contribution in [0.15, 0.2) is 0 Å². The zero-order valence-corrected chi connectivity index (χ0v) is 7.21. The number of rotatable bonds is 0. The van der Waals surface area contributed by atoms with E-state index in [-0.39, 0.29) is 12.5 Å². The second-order valence-corrected chi connectivity index (χ2v) is 3.73. The van der Waals surface area contributed by atoms with Crippen molar-refractivity contribution < 1.29 is 9.53 Å². The third-order valence-electron chi connectivity index (χ3n) is 2.82. The lowest BCUT2D eigenvalue weighted by atomic mass is 9.85. The number of amides is 1. The number of fused-ring (bicyclic) bond motifs is 1. The van der Waals surface area contributed by atoms with Gasteiger partial charge in [-0.1, -0.05) is 12.8 Å². The average Bonchev–Trinajstić information content (AvgIpc) is 2.25. The molecule has 1 amide bonds. The molecule has 0 aromatic carbocycles. The van der Waals surface area contributed by atoms with Crippen LogP contribution < -0.4 is 5.32 Å². The van der Waals surface area contributed by atoms with Crippen LogP contribution in [0.2, 0.25) is 0 Å². The molecule has 2 aliphatic rings. The summed E-state index contributed by atoms with van der Waals surface area (Å²) in [6.45, 7) is 1.02. The van der Waals surface area contributed by atoms with E-state index < -0.39 is 0 Å². The van der Waals surface area contributed by atoms with Gasteiger partial charge in [0.1, 0.15) is 6.61 Å². The molecule has 3 heteroatoms. The molecule has 2 rings (SSSR count). The molecular formula is C9H15NO2. The Balaban J connectivity index is 2.01. The van der Waals surface area contributed by atoms with Gasteiger partial charge in [-0.2, -0.15) is 0 Å². The van der Waals surface area contributed by atoms with Crippen LogP contribution in [-0.4, -0.2) is 25.2 Å². The second-order valence-electron chi connectivity index (χ2n) is 3.73. The lowest BCUT2D eigenvalue weighted by Crippen LogP contribution is -2.41. The zero-order chi connectivity index (χ0) is 8.39. The smallest absolute Gasteiger partial charge is 0.246 e. The number of carbonyl (C=O) groups excluding carboxylic acids is 1. The van der Waals surface area contributed by atoms with Crippen LogP contribution in [-0.2, 0) is 9.53 Å². The number of ether oxygens (including phenoxy) is 1. The molecule has 0 bridgehead atoms. The van der Waals surface area contributed by atoms with Crippen molar-refractivity contribution in [3.05, 3.63) is 0 Å². The molecule has 0 unspecified atom stereocenters. The Bertz CT molecular complexity index is 181. The van der Waals surface area contributed by atoms with Crippen molar-refractivity contribution in [3.63, 3.8) is 0 Å². The molecule has 0 aromatic heterocycles. The molecule has 1 N–H and O–H groups in total. The molecule has 68 valence electrons. The monoisotopic (exact) mass is 169 g/mol. The lowest BCUT2D eigenvalue weighted by molar-refractivity contribution is -0.124. The number of nitrogens with one attached hydrogen (secondary N) is 1. The van der Waals surface area contributed by atoms with Gasteiger partial charge in [-0.15, -0.1) is 0 Å². The van der Waals surface area contributed by atoms with E-state index in [2.05, 4.69) is 5.32 Å². The Hall–Kier alpha value is -0.570. The highest BCUT2D eigenvalue weighted by Crippen LogP contribution is 2.25. The fraction of sp³-hybridized carbons (Fsp3) is 0.889. The quantitative estimate of drug-likeness (QED) is 0.579. The van der Waals surface area contributed by atoms with E-state index in [1.807, 2.05) is 0 Å². The summed E-state index contributed by atoms with van der Waals surface area (Å²) in [4.78, 5) is 11.1. The lowest BCUT2D eigenvalue weighted by Gasteiger charge is -2.29. The van der Waals surface area contributed by atoms with Gasteiger partial charge < -0.3 is 10.1 Å². The maximum atomic E-state index is 11.1. The van der Waals surface area contributed by atoms with E-state index in [4.69, 9.17) is 4.74 Å². The number of hydrogen-bond donors (Lipinski definition) is 1. The van der Waals surface area contributed by atoms with Gasteiger partial charge in [0.25, 0.3) is 0 Å². The molecule has 0 radical (unpaired) electrons. The largest absolute Gasteiger partial charge is 0.371 e. The fourth-order valence-electron chi connectivity index (χ4n) is 2.15. The first-order valence-electron chi connectivity index (χ1n) is 4.73. The van der Waals surface area contributed by atoms with Gasteiger partial charge in [0, 0.05) is 12.0 Å². The molecule has 3 nitrogen and oxygen atoms in total. The zero-order valence-electron chi connectivity index (χ0n) is 7.21. The molecule has 0 spiro atoms. The molecule has 0 aromatic rings. The van der Waals surface area contributed by atoms with E-state index in [9.17, 15) is 4.79 Å². The van der Waals surface area contributed by atoms with Gasteiger partial charge in [0.05, 0.1) is 6.61 Å². The van der Waals surface area contributed by atoms with Gasteiger partial charge in [0.15, 0.2) is 0 Å². The molecule has 12 heavy (non-hydrogen) atoms. The van der Waals surface area contributed by atoms with E-state index in [0.717, 1.165) is 13.0 Å². The van der Waals surface area contributed by atoms with Gasteiger partial charge in [-0.25, -0.2) is 0 Å². The Labute approximate surface area is 72.5 Å². The predicted molar refractivity (Wildman–Crippen MR) is 44.7 cm³/mol. The van der Waals surface area contributed by atoms with E-state index in [1.165, 1.54) is 19.3 Å². The van der Waals surface area contributed by atoms with Crippen LogP contribution in [0.5, 0.6) is 0 Å². The maximum absolute atomic E-state index is 11.1. The normalized spacial score (nSPS) is 36.5. The average molecular weight is 169 g/mol. The van der Waals surface area contributed by atoms with Gasteiger partial charge >= 0.3 is 0 Å². The van der Waals surface area contributed by atoms with Gasteiger partial charge in [-0.3, -0.25) is 4.79 Å². The summed E-state index contributed by atoms with van der Waals surface area (Å²) >= 11 is 0.